The molecule has 1 aromatic heterocycles. The van der Waals surface area contributed by atoms with Crippen LogP contribution in [0, 0.1) is 6.92 Å². The van der Waals surface area contributed by atoms with Gasteiger partial charge in [0.1, 0.15) is 5.75 Å². The van der Waals surface area contributed by atoms with E-state index in [0.29, 0.717) is 17.3 Å². The standard InChI is InChI=1S/C20H25ClN2O2S/c1-13-12-15(21)9-10-17(13)25-14(2)20(24)22-11-5-8-19-23-16-6-3-4-7-18(16)26-19/h9-10,12,14H,3-8,11H2,1-2H3,(H,22,24). The van der Waals surface area contributed by atoms with Crippen molar-refractivity contribution in [2.24, 2.45) is 0 Å². The van der Waals surface area contributed by atoms with Crippen molar-refractivity contribution in [1.29, 1.82) is 0 Å². The number of ether oxygens (including phenoxy) is 1. The Labute approximate surface area is 163 Å². The van der Waals surface area contributed by atoms with Gasteiger partial charge in [0, 0.05) is 22.9 Å². The SMILES string of the molecule is Cc1cc(Cl)ccc1OC(C)C(=O)NCCCc1nc2c(s1)CCCC2. The summed E-state index contributed by atoms with van der Waals surface area (Å²) in [6.45, 7) is 4.31. The monoisotopic (exact) mass is 392 g/mol. The van der Waals surface area contributed by atoms with Crippen molar-refractivity contribution >= 4 is 28.8 Å². The lowest BCUT2D eigenvalue weighted by Crippen LogP contribution is -2.37. The first-order valence-electron chi connectivity index (χ1n) is 9.21. The molecule has 1 heterocycles. The molecule has 1 amide bonds. The second kappa shape index (κ2) is 8.87. The lowest BCUT2D eigenvalue weighted by Gasteiger charge is -2.16. The molecule has 1 N–H and O–H groups in total. The predicted molar refractivity (Wildman–Crippen MR) is 106 cm³/mol. The van der Waals surface area contributed by atoms with Gasteiger partial charge in [-0.2, -0.15) is 0 Å². The number of amides is 1. The van der Waals surface area contributed by atoms with E-state index in [1.807, 2.05) is 24.3 Å². The number of fused-ring (bicyclic) bond motifs is 1. The highest BCUT2D eigenvalue weighted by Gasteiger charge is 2.16. The van der Waals surface area contributed by atoms with Crippen LogP contribution in [0.15, 0.2) is 18.2 Å². The Hall–Kier alpha value is -1.59. The van der Waals surface area contributed by atoms with E-state index in [9.17, 15) is 4.79 Å². The third kappa shape index (κ3) is 4.98. The summed E-state index contributed by atoms with van der Waals surface area (Å²) in [5, 5.41) is 4.82. The highest BCUT2D eigenvalue weighted by molar-refractivity contribution is 7.11. The summed E-state index contributed by atoms with van der Waals surface area (Å²) in [6.07, 6.45) is 6.13. The minimum absolute atomic E-state index is 0.0993. The van der Waals surface area contributed by atoms with Gasteiger partial charge in [0.05, 0.1) is 10.7 Å². The fraction of sp³-hybridized carbons (Fsp3) is 0.500. The molecule has 0 bridgehead atoms. The molecule has 0 fully saturated rings. The molecule has 1 aliphatic carbocycles. The summed E-state index contributed by atoms with van der Waals surface area (Å²) in [6, 6.07) is 5.39. The Morgan fingerprint density at radius 2 is 2.19 bits per heavy atom. The number of aryl methyl sites for hydroxylation is 4. The van der Waals surface area contributed by atoms with Crippen LogP contribution in [0.4, 0.5) is 0 Å². The lowest BCUT2D eigenvalue weighted by atomic mass is 10.0. The molecule has 0 saturated heterocycles. The average Bonchev–Trinajstić information content (AvgIpc) is 3.03. The second-order valence-corrected chi connectivity index (χ2v) is 8.35. The smallest absolute Gasteiger partial charge is 0.260 e. The van der Waals surface area contributed by atoms with E-state index < -0.39 is 6.10 Å². The zero-order chi connectivity index (χ0) is 18.5. The van der Waals surface area contributed by atoms with Gasteiger partial charge in [-0.3, -0.25) is 4.79 Å². The number of benzene rings is 1. The fourth-order valence-corrected chi connectivity index (χ4v) is 4.52. The van der Waals surface area contributed by atoms with Crippen LogP contribution in [0.1, 0.15) is 47.3 Å². The molecule has 26 heavy (non-hydrogen) atoms. The fourth-order valence-electron chi connectivity index (χ4n) is 3.10. The lowest BCUT2D eigenvalue weighted by molar-refractivity contribution is -0.127. The number of thiazole rings is 1. The Balaban J connectivity index is 1.41. The van der Waals surface area contributed by atoms with Gasteiger partial charge in [-0.15, -0.1) is 11.3 Å². The molecule has 4 nitrogen and oxygen atoms in total. The number of nitrogens with one attached hydrogen (secondary N) is 1. The Morgan fingerprint density at radius 3 is 2.96 bits per heavy atom. The largest absolute Gasteiger partial charge is 0.481 e. The molecule has 1 atom stereocenters. The number of hydrogen-bond acceptors (Lipinski definition) is 4. The first kappa shape index (κ1) is 19.2. The minimum Gasteiger partial charge on any atom is -0.481 e. The van der Waals surface area contributed by atoms with E-state index in [1.165, 1.54) is 34.8 Å². The number of nitrogens with zero attached hydrogens (tertiary/aromatic N) is 1. The average molecular weight is 393 g/mol. The van der Waals surface area contributed by atoms with Crippen LogP contribution >= 0.6 is 22.9 Å². The number of carbonyl (C=O) groups is 1. The normalized spacial score (nSPS) is 14.6. The van der Waals surface area contributed by atoms with Gasteiger partial charge >= 0.3 is 0 Å². The first-order chi connectivity index (χ1) is 12.5. The number of rotatable bonds is 7. The first-order valence-corrected chi connectivity index (χ1v) is 10.4. The van der Waals surface area contributed by atoms with Crippen molar-refractivity contribution in [3.05, 3.63) is 44.4 Å². The molecule has 1 unspecified atom stereocenters. The van der Waals surface area contributed by atoms with Gasteiger partial charge in [0.15, 0.2) is 6.10 Å². The van der Waals surface area contributed by atoms with Gasteiger partial charge in [-0.05, 0) is 69.7 Å². The highest BCUT2D eigenvalue weighted by atomic mass is 35.5. The Bertz CT molecular complexity index is 752. The molecule has 3 rings (SSSR count). The predicted octanol–water partition coefficient (Wildman–Crippen LogP) is 4.50. The van der Waals surface area contributed by atoms with Crippen molar-refractivity contribution in [3.63, 3.8) is 0 Å². The molecule has 1 aromatic carbocycles. The van der Waals surface area contributed by atoms with Gasteiger partial charge in [0.2, 0.25) is 0 Å². The quantitative estimate of drug-likeness (QED) is 0.706. The van der Waals surface area contributed by atoms with Crippen molar-refractivity contribution in [3.8, 4) is 5.75 Å². The van der Waals surface area contributed by atoms with Crippen LogP contribution in [-0.4, -0.2) is 23.5 Å². The van der Waals surface area contributed by atoms with E-state index in [-0.39, 0.29) is 5.91 Å². The molecule has 0 radical (unpaired) electrons. The topological polar surface area (TPSA) is 51.2 Å². The zero-order valence-corrected chi connectivity index (χ0v) is 16.9. The number of halogens is 1. The summed E-state index contributed by atoms with van der Waals surface area (Å²) in [5.41, 5.74) is 2.23. The van der Waals surface area contributed by atoms with Crippen LogP contribution in [0.2, 0.25) is 5.02 Å². The molecule has 2 aromatic rings. The van der Waals surface area contributed by atoms with Crippen molar-refractivity contribution in [2.45, 2.75) is 58.5 Å². The summed E-state index contributed by atoms with van der Waals surface area (Å²) in [7, 11) is 0. The van der Waals surface area contributed by atoms with Gasteiger partial charge in [-0.1, -0.05) is 11.6 Å². The molecular formula is C20H25ClN2O2S. The van der Waals surface area contributed by atoms with Gasteiger partial charge in [-0.25, -0.2) is 4.98 Å². The number of hydrogen-bond donors (Lipinski definition) is 1. The third-order valence-corrected chi connectivity index (χ3v) is 6.02. The molecule has 140 valence electrons. The van der Waals surface area contributed by atoms with Crippen LogP contribution in [0.25, 0.3) is 0 Å². The van der Waals surface area contributed by atoms with Gasteiger partial charge in [0.25, 0.3) is 5.91 Å². The highest BCUT2D eigenvalue weighted by Crippen LogP contribution is 2.27. The Morgan fingerprint density at radius 1 is 1.38 bits per heavy atom. The maximum atomic E-state index is 12.2. The summed E-state index contributed by atoms with van der Waals surface area (Å²) in [4.78, 5) is 18.4. The van der Waals surface area contributed by atoms with E-state index in [2.05, 4.69) is 5.32 Å². The van der Waals surface area contributed by atoms with E-state index in [4.69, 9.17) is 21.3 Å². The number of carbonyl (C=O) groups excluding carboxylic acids is 1. The van der Waals surface area contributed by atoms with Crippen LogP contribution < -0.4 is 10.1 Å². The molecule has 0 saturated carbocycles. The summed E-state index contributed by atoms with van der Waals surface area (Å²) in [5.74, 6) is 0.586. The van der Waals surface area contributed by atoms with Crippen molar-refractivity contribution in [2.75, 3.05) is 6.54 Å². The minimum atomic E-state index is -0.540. The second-order valence-electron chi connectivity index (χ2n) is 6.75. The van der Waals surface area contributed by atoms with Crippen molar-refractivity contribution in [1.82, 2.24) is 10.3 Å². The third-order valence-electron chi connectivity index (χ3n) is 4.57. The maximum absolute atomic E-state index is 12.2. The molecule has 0 spiro atoms. The van der Waals surface area contributed by atoms with Gasteiger partial charge < -0.3 is 10.1 Å². The van der Waals surface area contributed by atoms with Crippen molar-refractivity contribution < 1.29 is 9.53 Å². The van der Waals surface area contributed by atoms with Crippen LogP contribution in [-0.2, 0) is 24.1 Å². The van der Waals surface area contributed by atoms with E-state index in [1.54, 1.807) is 19.1 Å². The van der Waals surface area contributed by atoms with Crippen LogP contribution in [0.5, 0.6) is 5.75 Å². The van der Waals surface area contributed by atoms with Crippen LogP contribution in [0.3, 0.4) is 0 Å². The summed E-state index contributed by atoms with van der Waals surface area (Å²) < 4.78 is 5.75. The summed E-state index contributed by atoms with van der Waals surface area (Å²) >= 11 is 7.79. The molecular weight excluding hydrogens is 368 g/mol. The molecule has 0 aliphatic heterocycles. The Kier molecular flexibility index (Phi) is 6.54. The van der Waals surface area contributed by atoms with E-state index in [0.717, 1.165) is 24.8 Å². The number of aromatic nitrogens is 1. The van der Waals surface area contributed by atoms with E-state index >= 15 is 0 Å². The molecule has 1 aliphatic rings. The molecule has 6 heteroatoms. The zero-order valence-electron chi connectivity index (χ0n) is 15.3. The maximum Gasteiger partial charge on any atom is 0.260 e.